The quantitative estimate of drug-likeness (QED) is 0.762. The van der Waals surface area contributed by atoms with E-state index in [2.05, 4.69) is 30.6 Å². The maximum atomic E-state index is 12.3. The number of nitrogens with zero attached hydrogens (tertiary/aromatic N) is 5. The summed E-state index contributed by atoms with van der Waals surface area (Å²) in [4.78, 5) is 20.6. The number of hydrogen-bond donors (Lipinski definition) is 2. The normalized spacial score (nSPS) is 11.2. The van der Waals surface area contributed by atoms with Gasteiger partial charge in [0.2, 0.25) is 5.95 Å². The molecular weight excluding hydrogens is 270 g/mol. The molecule has 0 saturated carbocycles. The van der Waals surface area contributed by atoms with Gasteiger partial charge in [-0.1, -0.05) is 0 Å². The minimum atomic E-state index is -0.282. The first kappa shape index (κ1) is 13.2. The molecule has 8 nitrogen and oxygen atoms in total. The smallest absolute Gasteiger partial charge is 0.259 e. The van der Waals surface area contributed by atoms with Gasteiger partial charge in [-0.25, -0.2) is 14.8 Å². The average Bonchev–Trinajstić information content (AvgIpc) is 3.06. The average molecular weight is 285 g/mol. The first-order valence-electron chi connectivity index (χ1n) is 6.58. The lowest BCUT2D eigenvalue weighted by molar-refractivity contribution is 0.102. The van der Waals surface area contributed by atoms with Crippen LogP contribution >= 0.6 is 0 Å². The molecule has 0 aliphatic carbocycles. The van der Waals surface area contributed by atoms with Gasteiger partial charge in [0, 0.05) is 11.4 Å². The van der Waals surface area contributed by atoms with Crippen molar-refractivity contribution in [3.05, 3.63) is 29.8 Å². The summed E-state index contributed by atoms with van der Waals surface area (Å²) in [5, 5.41) is 14.0. The summed E-state index contributed by atoms with van der Waals surface area (Å²) in [6.07, 6.45) is 3.05. The van der Waals surface area contributed by atoms with Gasteiger partial charge < -0.3 is 0 Å². The van der Waals surface area contributed by atoms with Crippen molar-refractivity contribution in [2.24, 2.45) is 0 Å². The van der Waals surface area contributed by atoms with E-state index >= 15 is 0 Å². The Balaban J connectivity index is 1.99. The van der Waals surface area contributed by atoms with E-state index in [-0.39, 0.29) is 11.9 Å². The van der Waals surface area contributed by atoms with Crippen LogP contribution in [0.4, 0.5) is 5.95 Å². The molecule has 3 heterocycles. The van der Waals surface area contributed by atoms with Crippen LogP contribution in [0.15, 0.2) is 18.6 Å². The van der Waals surface area contributed by atoms with Crippen LogP contribution in [0.25, 0.3) is 11.0 Å². The van der Waals surface area contributed by atoms with E-state index in [1.807, 2.05) is 18.5 Å². The Hall–Kier alpha value is -2.77. The van der Waals surface area contributed by atoms with Gasteiger partial charge in [-0.2, -0.15) is 15.2 Å². The molecule has 0 aliphatic heterocycles. The highest BCUT2D eigenvalue weighted by Crippen LogP contribution is 2.19. The zero-order valence-electron chi connectivity index (χ0n) is 12.0. The topological polar surface area (TPSA) is 101 Å². The van der Waals surface area contributed by atoms with E-state index < -0.39 is 0 Å². The standard InChI is InChI=1S/C13H15N7O/c1-7(2)20-11-9(5-16-20)4-10(8(3)17-11)12(21)18-13-14-6-15-19-13/h4-7H,1-3H3,(H2,14,15,18,19,21). The highest BCUT2D eigenvalue weighted by molar-refractivity contribution is 6.05. The number of aromatic amines is 1. The Morgan fingerprint density at radius 3 is 2.90 bits per heavy atom. The fourth-order valence-electron chi connectivity index (χ4n) is 2.11. The first-order chi connectivity index (χ1) is 10.1. The maximum Gasteiger partial charge on any atom is 0.259 e. The van der Waals surface area contributed by atoms with Crippen LogP contribution in [0.1, 0.15) is 35.9 Å². The van der Waals surface area contributed by atoms with Crippen molar-refractivity contribution in [3.8, 4) is 0 Å². The van der Waals surface area contributed by atoms with E-state index in [1.54, 1.807) is 19.2 Å². The number of amides is 1. The van der Waals surface area contributed by atoms with Crippen LogP contribution in [0.3, 0.4) is 0 Å². The Morgan fingerprint density at radius 2 is 2.24 bits per heavy atom. The van der Waals surface area contributed by atoms with Crippen LogP contribution in [0.5, 0.6) is 0 Å². The molecule has 3 aromatic rings. The van der Waals surface area contributed by atoms with E-state index in [0.29, 0.717) is 17.2 Å². The minimum Gasteiger partial charge on any atom is -0.291 e. The van der Waals surface area contributed by atoms with Crippen molar-refractivity contribution < 1.29 is 4.79 Å². The molecule has 8 heteroatoms. The number of rotatable bonds is 3. The van der Waals surface area contributed by atoms with Gasteiger partial charge in [0.25, 0.3) is 5.91 Å². The fraction of sp³-hybridized carbons (Fsp3) is 0.308. The van der Waals surface area contributed by atoms with E-state index in [1.165, 1.54) is 6.33 Å². The molecule has 0 aromatic carbocycles. The van der Waals surface area contributed by atoms with Gasteiger partial charge in [0.05, 0.1) is 17.5 Å². The van der Waals surface area contributed by atoms with Gasteiger partial charge >= 0.3 is 0 Å². The van der Waals surface area contributed by atoms with Gasteiger partial charge in [-0.3, -0.25) is 10.1 Å². The third-order valence-electron chi connectivity index (χ3n) is 3.14. The van der Waals surface area contributed by atoms with Gasteiger partial charge in [-0.05, 0) is 26.8 Å². The zero-order valence-corrected chi connectivity index (χ0v) is 12.0. The van der Waals surface area contributed by atoms with Gasteiger partial charge in [-0.15, -0.1) is 0 Å². The molecule has 108 valence electrons. The molecule has 1 amide bonds. The first-order valence-corrected chi connectivity index (χ1v) is 6.58. The summed E-state index contributed by atoms with van der Waals surface area (Å²) in [6.45, 7) is 5.87. The Bertz CT molecular complexity index is 788. The van der Waals surface area contributed by atoms with Crippen LogP contribution in [0.2, 0.25) is 0 Å². The molecular formula is C13H15N7O. The van der Waals surface area contributed by atoms with Crippen molar-refractivity contribution >= 4 is 22.9 Å². The largest absolute Gasteiger partial charge is 0.291 e. The Morgan fingerprint density at radius 1 is 1.43 bits per heavy atom. The second-order valence-electron chi connectivity index (χ2n) is 5.01. The van der Waals surface area contributed by atoms with Crippen LogP contribution < -0.4 is 5.32 Å². The SMILES string of the molecule is Cc1nc2c(cnn2C(C)C)cc1C(=O)Nc1ncn[nH]1. The second kappa shape index (κ2) is 4.97. The molecule has 21 heavy (non-hydrogen) atoms. The molecule has 0 atom stereocenters. The third kappa shape index (κ3) is 2.35. The molecule has 2 N–H and O–H groups in total. The Kier molecular flexibility index (Phi) is 3.13. The van der Waals surface area contributed by atoms with Gasteiger partial charge in [0.15, 0.2) is 5.65 Å². The van der Waals surface area contributed by atoms with Crippen molar-refractivity contribution in [1.82, 2.24) is 29.9 Å². The Labute approximate surface area is 120 Å². The molecule has 3 aromatic heterocycles. The zero-order chi connectivity index (χ0) is 15.0. The van der Waals surface area contributed by atoms with Crippen molar-refractivity contribution in [1.29, 1.82) is 0 Å². The summed E-state index contributed by atoms with van der Waals surface area (Å²) >= 11 is 0. The minimum absolute atomic E-state index is 0.211. The summed E-state index contributed by atoms with van der Waals surface area (Å²) in [5.74, 6) is 0.0216. The molecule has 3 rings (SSSR count). The number of pyridine rings is 1. The predicted molar refractivity (Wildman–Crippen MR) is 77.0 cm³/mol. The summed E-state index contributed by atoms with van der Waals surface area (Å²) in [6, 6.07) is 2.00. The van der Waals surface area contributed by atoms with Crippen molar-refractivity contribution in [3.63, 3.8) is 0 Å². The summed E-state index contributed by atoms with van der Waals surface area (Å²) in [7, 11) is 0. The number of carbonyl (C=O) groups is 1. The third-order valence-corrected chi connectivity index (χ3v) is 3.14. The second-order valence-corrected chi connectivity index (χ2v) is 5.01. The van der Waals surface area contributed by atoms with E-state index in [0.717, 1.165) is 11.0 Å². The van der Waals surface area contributed by atoms with Crippen LogP contribution in [0, 0.1) is 6.92 Å². The lowest BCUT2D eigenvalue weighted by atomic mass is 10.1. The highest BCUT2D eigenvalue weighted by atomic mass is 16.1. The van der Waals surface area contributed by atoms with E-state index in [9.17, 15) is 4.79 Å². The molecule has 0 radical (unpaired) electrons. The molecule has 0 fully saturated rings. The van der Waals surface area contributed by atoms with Gasteiger partial charge in [0.1, 0.15) is 6.33 Å². The number of carbonyl (C=O) groups excluding carboxylic acids is 1. The van der Waals surface area contributed by atoms with Crippen molar-refractivity contribution in [2.45, 2.75) is 26.8 Å². The van der Waals surface area contributed by atoms with Crippen molar-refractivity contribution in [2.75, 3.05) is 5.32 Å². The predicted octanol–water partition coefficient (Wildman–Crippen LogP) is 1.69. The van der Waals surface area contributed by atoms with Crippen LogP contribution in [-0.2, 0) is 0 Å². The number of fused-ring (bicyclic) bond motifs is 1. The molecule has 0 saturated heterocycles. The van der Waals surface area contributed by atoms with E-state index in [4.69, 9.17) is 0 Å². The lowest BCUT2D eigenvalue weighted by Gasteiger charge is -2.08. The number of nitrogens with one attached hydrogen (secondary N) is 2. The lowest BCUT2D eigenvalue weighted by Crippen LogP contribution is -2.15. The molecule has 0 bridgehead atoms. The maximum absolute atomic E-state index is 12.3. The molecule has 0 spiro atoms. The monoisotopic (exact) mass is 285 g/mol. The fourth-order valence-corrected chi connectivity index (χ4v) is 2.11. The number of aromatic nitrogens is 6. The van der Waals surface area contributed by atoms with Crippen LogP contribution in [-0.4, -0.2) is 35.9 Å². The summed E-state index contributed by atoms with van der Waals surface area (Å²) in [5.41, 5.74) is 1.91. The molecule has 0 unspecified atom stereocenters. The molecule has 0 aliphatic rings. The highest BCUT2D eigenvalue weighted by Gasteiger charge is 2.16. The number of hydrogen-bond acceptors (Lipinski definition) is 5. The number of H-pyrrole nitrogens is 1. The summed E-state index contributed by atoms with van der Waals surface area (Å²) < 4.78 is 1.83. The number of aryl methyl sites for hydroxylation is 1. The number of anilines is 1.